The molecule has 0 radical (unpaired) electrons. The van der Waals surface area contributed by atoms with Crippen LogP contribution in [0.1, 0.15) is 36.7 Å². The third-order valence-corrected chi connectivity index (χ3v) is 6.63. The van der Waals surface area contributed by atoms with Crippen molar-refractivity contribution in [1.82, 2.24) is 24.8 Å². The van der Waals surface area contributed by atoms with E-state index in [0.29, 0.717) is 36.8 Å². The first-order valence-corrected chi connectivity index (χ1v) is 12.5. The van der Waals surface area contributed by atoms with Crippen LogP contribution in [0, 0.1) is 11.6 Å². The second kappa shape index (κ2) is 11.9. The van der Waals surface area contributed by atoms with Crippen molar-refractivity contribution in [2.45, 2.75) is 39.0 Å². The summed E-state index contributed by atoms with van der Waals surface area (Å²) in [7, 11) is 1.44. The number of amides is 2. The number of methoxy groups -OCH3 is 1. The SMILES string of the molecule is COc1ncc(C(=O)N2CCN([C@@H](C)C(=O)Nc3cnc(Oc4ccc(F)cc4F)cn3)CC2(C)C)cc1CO. The lowest BCUT2D eigenvalue weighted by Crippen LogP contribution is -2.63. The van der Waals surface area contributed by atoms with E-state index in [0.717, 1.165) is 12.1 Å². The van der Waals surface area contributed by atoms with E-state index in [1.807, 2.05) is 18.7 Å². The first-order valence-electron chi connectivity index (χ1n) is 12.5. The Bertz CT molecular complexity index is 1390. The van der Waals surface area contributed by atoms with Crippen molar-refractivity contribution >= 4 is 17.6 Å². The minimum atomic E-state index is -0.881. The molecular formula is C27H30F2N6O5. The number of hydrogen-bond acceptors (Lipinski definition) is 9. The van der Waals surface area contributed by atoms with Gasteiger partial charge in [-0.25, -0.2) is 23.7 Å². The van der Waals surface area contributed by atoms with Crippen LogP contribution in [0.2, 0.25) is 0 Å². The van der Waals surface area contributed by atoms with Crippen molar-refractivity contribution in [1.29, 1.82) is 0 Å². The lowest BCUT2D eigenvalue weighted by atomic mass is 9.96. The molecule has 0 unspecified atom stereocenters. The number of carbonyl (C=O) groups excluding carboxylic acids is 2. The lowest BCUT2D eigenvalue weighted by molar-refractivity contribution is -0.122. The number of aromatic nitrogens is 3. The van der Waals surface area contributed by atoms with Crippen molar-refractivity contribution in [3.8, 4) is 17.5 Å². The van der Waals surface area contributed by atoms with Crippen LogP contribution >= 0.6 is 0 Å². The minimum absolute atomic E-state index is 0.0303. The Labute approximate surface area is 229 Å². The molecule has 1 aliphatic heterocycles. The molecule has 1 fully saturated rings. The molecule has 3 aromatic rings. The molecule has 3 heterocycles. The Hall–Kier alpha value is -4.23. The number of halogens is 2. The van der Waals surface area contributed by atoms with Crippen LogP contribution in [-0.2, 0) is 11.4 Å². The number of benzene rings is 1. The fourth-order valence-electron chi connectivity index (χ4n) is 4.47. The van der Waals surface area contributed by atoms with Crippen molar-refractivity contribution in [3.05, 3.63) is 65.6 Å². The number of anilines is 1. The van der Waals surface area contributed by atoms with Crippen LogP contribution < -0.4 is 14.8 Å². The van der Waals surface area contributed by atoms with Crippen LogP contribution in [0.4, 0.5) is 14.6 Å². The van der Waals surface area contributed by atoms with Crippen LogP contribution in [0.15, 0.2) is 42.9 Å². The molecule has 0 bridgehead atoms. The molecule has 0 saturated carbocycles. The highest BCUT2D eigenvalue weighted by Gasteiger charge is 2.40. The second-order valence-corrected chi connectivity index (χ2v) is 9.87. The highest BCUT2D eigenvalue weighted by atomic mass is 19.1. The number of aliphatic hydroxyl groups excluding tert-OH is 1. The summed E-state index contributed by atoms with van der Waals surface area (Å²) in [5.74, 6) is -1.98. The van der Waals surface area contributed by atoms with Crippen LogP contribution in [-0.4, -0.2) is 80.0 Å². The van der Waals surface area contributed by atoms with E-state index in [1.165, 1.54) is 25.7 Å². The molecular weight excluding hydrogens is 526 g/mol. The second-order valence-electron chi connectivity index (χ2n) is 9.87. The van der Waals surface area contributed by atoms with Gasteiger partial charge in [0.2, 0.25) is 17.7 Å². The maximum absolute atomic E-state index is 13.8. The fraction of sp³-hybridized carbons (Fsp3) is 0.370. The molecule has 1 aromatic carbocycles. The van der Waals surface area contributed by atoms with E-state index in [2.05, 4.69) is 20.3 Å². The van der Waals surface area contributed by atoms with Gasteiger partial charge in [0, 0.05) is 37.5 Å². The number of nitrogens with one attached hydrogen (secondary N) is 1. The largest absolute Gasteiger partial charge is 0.481 e. The highest BCUT2D eigenvalue weighted by molar-refractivity contribution is 5.95. The molecule has 1 atom stereocenters. The van der Waals surface area contributed by atoms with E-state index >= 15 is 0 Å². The molecule has 4 rings (SSSR count). The number of pyridine rings is 1. The van der Waals surface area contributed by atoms with Gasteiger partial charge in [-0.1, -0.05) is 0 Å². The molecule has 2 N–H and O–H groups in total. The molecule has 0 aliphatic carbocycles. The zero-order valence-electron chi connectivity index (χ0n) is 22.5. The van der Waals surface area contributed by atoms with Gasteiger partial charge in [-0.2, -0.15) is 0 Å². The molecule has 1 saturated heterocycles. The van der Waals surface area contributed by atoms with Crippen LogP contribution in [0.3, 0.4) is 0 Å². The van der Waals surface area contributed by atoms with Crippen molar-refractivity contribution in [2.24, 2.45) is 0 Å². The van der Waals surface area contributed by atoms with Gasteiger partial charge in [0.05, 0.1) is 43.3 Å². The first-order chi connectivity index (χ1) is 19.0. The normalized spacial score (nSPS) is 15.8. The van der Waals surface area contributed by atoms with Crippen LogP contribution in [0.5, 0.6) is 17.5 Å². The summed E-state index contributed by atoms with van der Waals surface area (Å²) < 4.78 is 37.3. The van der Waals surface area contributed by atoms with E-state index < -0.39 is 23.2 Å². The van der Waals surface area contributed by atoms with E-state index in [9.17, 15) is 23.5 Å². The maximum atomic E-state index is 13.8. The lowest BCUT2D eigenvalue weighted by Gasteiger charge is -2.48. The van der Waals surface area contributed by atoms with E-state index in [4.69, 9.17) is 9.47 Å². The quantitative estimate of drug-likeness (QED) is 0.430. The number of rotatable bonds is 8. The first kappa shape index (κ1) is 28.8. The number of piperazine rings is 1. The topological polar surface area (TPSA) is 130 Å². The summed E-state index contributed by atoms with van der Waals surface area (Å²) in [6, 6.07) is 3.91. The molecule has 2 aromatic heterocycles. The molecule has 40 heavy (non-hydrogen) atoms. The molecule has 212 valence electrons. The Kier molecular flexibility index (Phi) is 8.55. The predicted molar refractivity (Wildman–Crippen MR) is 140 cm³/mol. The molecule has 2 amide bonds. The minimum Gasteiger partial charge on any atom is -0.481 e. The smallest absolute Gasteiger partial charge is 0.255 e. The van der Waals surface area contributed by atoms with E-state index in [1.54, 1.807) is 17.9 Å². The standard InChI is InChI=1S/C27H30F2N6O5/c1-16(24(37)33-22-12-31-23(13-30-22)40-21-6-5-19(28)10-20(21)29)34-7-8-35(27(2,3)15-34)26(38)17-9-18(14-36)25(39-4)32-11-17/h5-6,9-13,16,36H,7-8,14-15H2,1-4H3,(H,30,33,37)/t16-/m0/s1. The Morgan fingerprint density at radius 3 is 2.52 bits per heavy atom. The summed E-state index contributed by atoms with van der Waals surface area (Å²) in [5.41, 5.74) is 0.142. The monoisotopic (exact) mass is 556 g/mol. The van der Waals surface area contributed by atoms with Gasteiger partial charge in [-0.3, -0.25) is 14.5 Å². The molecule has 0 spiro atoms. The van der Waals surface area contributed by atoms with E-state index in [-0.39, 0.29) is 41.7 Å². The zero-order valence-corrected chi connectivity index (χ0v) is 22.5. The van der Waals surface area contributed by atoms with Gasteiger partial charge < -0.3 is 24.8 Å². The maximum Gasteiger partial charge on any atom is 0.255 e. The Balaban J connectivity index is 1.36. The van der Waals surface area contributed by atoms with Crippen LogP contribution in [0.25, 0.3) is 0 Å². The average molecular weight is 557 g/mol. The van der Waals surface area contributed by atoms with Gasteiger partial charge in [0.1, 0.15) is 5.82 Å². The average Bonchev–Trinajstić information content (AvgIpc) is 2.93. The summed E-state index contributed by atoms with van der Waals surface area (Å²) in [5, 5.41) is 12.3. The van der Waals surface area contributed by atoms with Gasteiger partial charge in [-0.15, -0.1) is 0 Å². The van der Waals surface area contributed by atoms with Crippen molar-refractivity contribution < 1.29 is 33.0 Å². The number of nitrogens with zero attached hydrogens (tertiary/aromatic N) is 5. The summed E-state index contributed by atoms with van der Waals surface area (Å²) in [6.45, 7) is 6.52. The fourth-order valence-corrected chi connectivity index (χ4v) is 4.47. The summed E-state index contributed by atoms with van der Waals surface area (Å²) in [4.78, 5) is 42.2. The molecule has 11 nitrogen and oxygen atoms in total. The summed E-state index contributed by atoms with van der Waals surface area (Å²) in [6.07, 6.45) is 3.91. The molecule has 1 aliphatic rings. The number of hydrogen-bond donors (Lipinski definition) is 2. The van der Waals surface area contributed by atoms with Crippen molar-refractivity contribution in [3.63, 3.8) is 0 Å². The molecule has 13 heteroatoms. The number of ether oxygens (including phenoxy) is 2. The Morgan fingerprint density at radius 2 is 1.90 bits per heavy atom. The third-order valence-electron chi connectivity index (χ3n) is 6.63. The van der Waals surface area contributed by atoms with Gasteiger partial charge >= 0.3 is 0 Å². The Morgan fingerprint density at radius 1 is 1.12 bits per heavy atom. The van der Waals surface area contributed by atoms with Gasteiger partial charge in [0.25, 0.3) is 5.91 Å². The number of aliphatic hydroxyl groups is 1. The summed E-state index contributed by atoms with van der Waals surface area (Å²) >= 11 is 0. The van der Waals surface area contributed by atoms with Gasteiger partial charge in [-0.05, 0) is 39.0 Å². The van der Waals surface area contributed by atoms with Crippen molar-refractivity contribution in [2.75, 3.05) is 32.1 Å². The third kappa shape index (κ3) is 6.32. The predicted octanol–water partition coefficient (Wildman–Crippen LogP) is 3.01. The zero-order chi connectivity index (χ0) is 29.0. The van der Waals surface area contributed by atoms with Gasteiger partial charge in [0.15, 0.2) is 17.4 Å². The number of carbonyl (C=O) groups is 2. The highest BCUT2D eigenvalue weighted by Crippen LogP contribution is 2.27.